The van der Waals surface area contributed by atoms with Crippen LogP contribution in [0.3, 0.4) is 0 Å². The highest BCUT2D eigenvalue weighted by atomic mass is 16.3. The fraction of sp³-hybridized carbons (Fsp3) is 0.526. The molecule has 0 saturated heterocycles. The van der Waals surface area contributed by atoms with Gasteiger partial charge in [0.25, 0.3) is 5.91 Å². The summed E-state index contributed by atoms with van der Waals surface area (Å²) in [5.74, 6) is 0.606. The molecule has 4 nitrogen and oxygen atoms in total. The SMILES string of the molecule is CC1CCc2[nH]c3c(C(=O)NCC4(O)CCC4)cccc3c2C1. The Morgan fingerprint density at radius 3 is 3.00 bits per heavy atom. The number of benzene rings is 1. The van der Waals surface area contributed by atoms with Gasteiger partial charge in [0.05, 0.1) is 16.7 Å². The summed E-state index contributed by atoms with van der Waals surface area (Å²) in [5.41, 5.74) is 3.62. The van der Waals surface area contributed by atoms with Gasteiger partial charge in [-0.1, -0.05) is 19.1 Å². The van der Waals surface area contributed by atoms with Crippen molar-refractivity contribution in [3.05, 3.63) is 35.0 Å². The molecule has 1 aromatic carbocycles. The van der Waals surface area contributed by atoms with Gasteiger partial charge in [0.15, 0.2) is 0 Å². The number of hydrogen-bond donors (Lipinski definition) is 3. The van der Waals surface area contributed by atoms with Gasteiger partial charge >= 0.3 is 0 Å². The molecule has 1 unspecified atom stereocenters. The molecule has 1 atom stereocenters. The quantitative estimate of drug-likeness (QED) is 0.816. The smallest absolute Gasteiger partial charge is 0.253 e. The number of aromatic amines is 1. The second-order valence-electron chi connectivity index (χ2n) is 7.42. The molecule has 122 valence electrons. The second kappa shape index (κ2) is 5.38. The third-order valence-electron chi connectivity index (χ3n) is 5.58. The molecule has 2 aliphatic carbocycles. The first-order chi connectivity index (χ1) is 11.1. The van der Waals surface area contributed by atoms with Gasteiger partial charge in [-0.25, -0.2) is 0 Å². The summed E-state index contributed by atoms with van der Waals surface area (Å²) in [4.78, 5) is 16.1. The molecular weight excluding hydrogens is 288 g/mol. The number of aromatic nitrogens is 1. The molecule has 2 aliphatic rings. The summed E-state index contributed by atoms with van der Waals surface area (Å²) in [5, 5.41) is 14.3. The lowest BCUT2D eigenvalue weighted by molar-refractivity contribution is -0.0300. The predicted octanol–water partition coefficient (Wildman–Crippen LogP) is 2.94. The number of aryl methyl sites for hydroxylation is 1. The predicted molar refractivity (Wildman–Crippen MR) is 90.6 cm³/mol. The molecule has 1 saturated carbocycles. The molecule has 0 spiro atoms. The molecule has 1 amide bonds. The number of hydrogen-bond acceptors (Lipinski definition) is 2. The summed E-state index contributed by atoms with van der Waals surface area (Å²) in [7, 11) is 0. The van der Waals surface area contributed by atoms with E-state index in [4.69, 9.17) is 0 Å². The van der Waals surface area contributed by atoms with Crippen molar-refractivity contribution < 1.29 is 9.90 Å². The minimum atomic E-state index is -0.687. The summed E-state index contributed by atoms with van der Waals surface area (Å²) in [6.45, 7) is 2.64. The topological polar surface area (TPSA) is 65.1 Å². The van der Waals surface area contributed by atoms with Gasteiger partial charge in [0.1, 0.15) is 0 Å². The molecule has 1 aromatic heterocycles. The largest absolute Gasteiger partial charge is 0.388 e. The van der Waals surface area contributed by atoms with Crippen molar-refractivity contribution >= 4 is 16.8 Å². The highest BCUT2D eigenvalue weighted by Gasteiger charge is 2.34. The van der Waals surface area contributed by atoms with Gasteiger partial charge in [0, 0.05) is 17.6 Å². The minimum Gasteiger partial charge on any atom is -0.388 e. The Labute approximate surface area is 136 Å². The lowest BCUT2D eigenvalue weighted by Crippen LogP contribution is -2.47. The van der Waals surface area contributed by atoms with Crippen LogP contribution in [0.15, 0.2) is 18.2 Å². The number of aliphatic hydroxyl groups is 1. The monoisotopic (exact) mass is 312 g/mol. The first kappa shape index (κ1) is 14.8. The van der Waals surface area contributed by atoms with E-state index in [2.05, 4.69) is 23.3 Å². The molecule has 4 heteroatoms. The normalized spacial score (nSPS) is 22.4. The van der Waals surface area contributed by atoms with Crippen LogP contribution in [0, 0.1) is 5.92 Å². The summed E-state index contributed by atoms with van der Waals surface area (Å²) >= 11 is 0. The molecule has 1 fully saturated rings. The van der Waals surface area contributed by atoms with Gasteiger partial charge in [-0.05, 0) is 56.1 Å². The maximum absolute atomic E-state index is 12.6. The fourth-order valence-electron chi connectivity index (χ4n) is 3.91. The van der Waals surface area contributed by atoms with E-state index in [9.17, 15) is 9.90 Å². The Bertz CT molecular complexity index is 758. The zero-order chi connectivity index (χ0) is 16.0. The molecular formula is C19H24N2O2. The number of carbonyl (C=O) groups excluding carboxylic acids is 1. The van der Waals surface area contributed by atoms with Crippen LogP contribution in [0.25, 0.3) is 10.9 Å². The highest BCUT2D eigenvalue weighted by Crippen LogP contribution is 2.33. The van der Waals surface area contributed by atoms with E-state index >= 15 is 0 Å². The first-order valence-electron chi connectivity index (χ1n) is 8.69. The van der Waals surface area contributed by atoms with Crippen LogP contribution in [0.4, 0.5) is 0 Å². The number of amides is 1. The van der Waals surface area contributed by atoms with E-state index < -0.39 is 5.60 Å². The van der Waals surface area contributed by atoms with Gasteiger partial charge in [0.2, 0.25) is 0 Å². The molecule has 23 heavy (non-hydrogen) atoms. The molecule has 0 bridgehead atoms. The molecule has 0 radical (unpaired) electrons. The first-order valence-corrected chi connectivity index (χ1v) is 8.69. The van der Waals surface area contributed by atoms with Crippen LogP contribution >= 0.6 is 0 Å². The second-order valence-corrected chi connectivity index (χ2v) is 7.42. The van der Waals surface area contributed by atoms with E-state index in [-0.39, 0.29) is 5.91 Å². The number of H-pyrrole nitrogens is 1. The zero-order valence-corrected chi connectivity index (χ0v) is 13.6. The standard InChI is InChI=1S/C19H24N2O2/c1-12-6-7-16-15(10-12)13-4-2-5-14(17(13)21-16)18(22)20-11-19(23)8-3-9-19/h2,4-5,12,21,23H,3,6-11H2,1H3,(H,20,22). The van der Waals surface area contributed by atoms with E-state index in [1.54, 1.807) is 0 Å². The zero-order valence-electron chi connectivity index (χ0n) is 13.6. The van der Waals surface area contributed by atoms with Gasteiger partial charge < -0.3 is 15.4 Å². The summed E-state index contributed by atoms with van der Waals surface area (Å²) < 4.78 is 0. The van der Waals surface area contributed by atoms with Crippen molar-refractivity contribution in [2.45, 2.75) is 51.0 Å². The number of fused-ring (bicyclic) bond motifs is 3. The van der Waals surface area contributed by atoms with Crippen LogP contribution < -0.4 is 5.32 Å². The molecule has 3 N–H and O–H groups in total. The fourth-order valence-corrected chi connectivity index (χ4v) is 3.91. The van der Waals surface area contributed by atoms with Crippen LogP contribution in [0.5, 0.6) is 0 Å². The van der Waals surface area contributed by atoms with E-state index in [1.165, 1.54) is 23.1 Å². The Hall–Kier alpha value is -1.81. The van der Waals surface area contributed by atoms with Crippen molar-refractivity contribution in [3.8, 4) is 0 Å². The van der Waals surface area contributed by atoms with Crippen LogP contribution in [0.1, 0.15) is 54.2 Å². The average molecular weight is 312 g/mol. The Morgan fingerprint density at radius 1 is 1.43 bits per heavy atom. The number of carbonyl (C=O) groups is 1. The van der Waals surface area contributed by atoms with Crippen molar-refractivity contribution in [1.29, 1.82) is 0 Å². The minimum absolute atomic E-state index is 0.0948. The molecule has 1 heterocycles. The average Bonchev–Trinajstić information content (AvgIpc) is 2.88. The van der Waals surface area contributed by atoms with E-state index in [0.717, 1.165) is 37.6 Å². The number of nitrogens with one attached hydrogen (secondary N) is 2. The van der Waals surface area contributed by atoms with Gasteiger partial charge in [-0.15, -0.1) is 0 Å². The molecule has 4 rings (SSSR count). The van der Waals surface area contributed by atoms with Crippen LogP contribution in [-0.4, -0.2) is 28.1 Å². The third-order valence-corrected chi connectivity index (χ3v) is 5.58. The van der Waals surface area contributed by atoms with Crippen LogP contribution in [-0.2, 0) is 12.8 Å². The highest BCUT2D eigenvalue weighted by molar-refractivity contribution is 6.06. The van der Waals surface area contributed by atoms with E-state index in [0.29, 0.717) is 18.0 Å². The van der Waals surface area contributed by atoms with Crippen molar-refractivity contribution in [1.82, 2.24) is 10.3 Å². The lowest BCUT2D eigenvalue weighted by atomic mass is 9.80. The Kier molecular flexibility index (Phi) is 3.45. The van der Waals surface area contributed by atoms with Gasteiger partial charge in [-0.2, -0.15) is 0 Å². The number of rotatable bonds is 3. The van der Waals surface area contributed by atoms with Crippen molar-refractivity contribution in [2.24, 2.45) is 5.92 Å². The van der Waals surface area contributed by atoms with Crippen LogP contribution in [0.2, 0.25) is 0 Å². The van der Waals surface area contributed by atoms with Crippen molar-refractivity contribution in [2.75, 3.05) is 6.54 Å². The molecule has 0 aliphatic heterocycles. The number of para-hydroxylation sites is 1. The molecule has 2 aromatic rings. The third kappa shape index (κ3) is 2.55. The maximum atomic E-state index is 12.6. The maximum Gasteiger partial charge on any atom is 0.253 e. The Balaban J connectivity index is 1.63. The lowest BCUT2D eigenvalue weighted by Gasteiger charge is -2.36. The van der Waals surface area contributed by atoms with Crippen molar-refractivity contribution in [3.63, 3.8) is 0 Å². The Morgan fingerprint density at radius 2 is 2.26 bits per heavy atom. The summed E-state index contributed by atoms with van der Waals surface area (Å²) in [6, 6.07) is 5.94. The summed E-state index contributed by atoms with van der Waals surface area (Å²) in [6.07, 6.45) is 5.96. The van der Waals surface area contributed by atoms with Gasteiger partial charge in [-0.3, -0.25) is 4.79 Å². The van der Waals surface area contributed by atoms with E-state index in [1.807, 2.05) is 12.1 Å².